The number of amides is 1. The van der Waals surface area contributed by atoms with Crippen molar-refractivity contribution in [2.45, 2.75) is 38.0 Å². The molecule has 1 aromatic carbocycles. The molecule has 11 heteroatoms. The summed E-state index contributed by atoms with van der Waals surface area (Å²) >= 11 is 0. The number of carbonyl (C=O) groups excluding carboxylic acids is 1. The first-order valence-electron chi connectivity index (χ1n) is 11.0. The smallest absolute Gasteiger partial charge is 0.387 e. The molecule has 0 radical (unpaired) electrons. The Hall–Kier alpha value is -3.99. The van der Waals surface area contributed by atoms with Crippen molar-refractivity contribution in [2.24, 2.45) is 5.73 Å². The number of carbonyl (C=O) groups is 1. The van der Waals surface area contributed by atoms with E-state index in [2.05, 4.69) is 25.0 Å². The molecule has 1 fully saturated rings. The van der Waals surface area contributed by atoms with Crippen LogP contribution in [0.1, 0.15) is 29.6 Å². The Balaban J connectivity index is 1.60. The third kappa shape index (κ3) is 4.67. The van der Waals surface area contributed by atoms with Gasteiger partial charge in [-0.1, -0.05) is 12.1 Å². The van der Waals surface area contributed by atoms with Crippen molar-refractivity contribution in [1.82, 2.24) is 24.8 Å². The van der Waals surface area contributed by atoms with E-state index >= 15 is 0 Å². The highest BCUT2D eigenvalue weighted by Gasteiger charge is 2.26. The van der Waals surface area contributed by atoms with Crippen LogP contribution in [0.15, 0.2) is 55.1 Å². The summed E-state index contributed by atoms with van der Waals surface area (Å²) in [5, 5.41) is 2.96. The molecule has 3 aromatic heterocycles. The van der Waals surface area contributed by atoms with E-state index in [-0.39, 0.29) is 29.7 Å². The van der Waals surface area contributed by atoms with Gasteiger partial charge < -0.3 is 15.8 Å². The largest absolute Gasteiger partial charge is 0.435 e. The summed E-state index contributed by atoms with van der Waals surface area (Å²) in [4.78, 5) is 25.5. The van der Waals surface area contributed by atoms with Crippen LogP contribution in [0.3, 0.4) is 0 Å². The minimum absolute atomic E-state index is 0.0136. The van der Waals surface area contributed by atoms with Crippen LogP contribution in [0, 0.1) is 5.82 Å². The second-order valence-corrected chi connectivity index (χ2v) is 8.29. The van der Waals surface area contributed by atoms with E-state index in [0.29, 0.717) is 27.7 Å². The van der Waals surface area contributed by atoms with E-state index in [1.807, 2.05) is 0 Å². The van der Waals surface area contributed by atoms with Gasteiger partial charge in [0.05, 0.1) is 29.0 Å². The highest BCUT2D eigenvalue weighted by molar-refractivity contribution is 6.00. The summed E-state index contributed by atoms with van der Waals surface area (Å²) in [6.45, 7) is -2.97. The maximum Gasteiger partial charge on any atom is 0.387 e. The Morgan fingerprint density at radius 3 is 2.66 bits per heavy atom. The van der Waals surface area contributed by atoms with Crippen LogP contribution in [-0.2, 0) is 0 Å². The lowest BCUT2D eigenvalue weighted by Gasteiger charge is -2.17. The number of nitrogens with zero attached hydrogens (tertiary/aromatic N) is 4. The predicted octanol–water partition coefficient (Wildman–Crippen LogP) is 3.83. The zero-order chi connectivity index (χ0) is 24.5. The molecule has 0 bridgehead atoms. The monoisotopic (exact) mass is 482 g/mol. The summed E-state index contributed by atoms with van der Waals surface area (Å²) in [6, 6.07) is 7.60. The zero-order valence-corrected chi connectivity index (χ0v) is 18.4. The van der Waals surface area contributed by atoms with Gasteiger partial charge in [0.2, 0.25) is 5.95 Å². The van der Waals surface area contributed by atoms with E-state index in [0.717, 1.165) is 31.7 Å². The van der Waals surface area contributed by atoms with Crippen LogP contribution >= 0.6 is 0 Å². The zero-order valence-electron chi connectivity index (χ0n) is 18.4. The van der Waals surface area contributed by atoms with Crippen LogP contribution in [0.5, 0.6) is 5.75 Å². The van der Waals surface area contributed by atoms with Gasteiger partial charge >= 0.3 is 6.61 Å². The van der Waals surface area contributed by atoms with E-state index < -0.39 is 12.4 Å². The molecular weight excluding hydrogens is 461 g/mol. The van der Waals surface area contributed by atoms with Crippen molar-refractivity contribution in [3.63, 3.8) is 0 Å². The van der Waals surface area contributed by atoms with Gasteiger partial charge in [-0.15, -0.1) is 0 Å². The molecule has 1 aliphatic carbocycles. The molecule has 8 nitrogen and oxygen atoms in total. The molecule has 0 aliphatic heterocycles. The third-order valence-corrected chi connectivity index (χ3v) is 5.98. The molecule has 0 saturated heterocycles. The van der Waals surface area contributed by atoms with Gasteiger partial charge in [-0.2, -0.15) is 8.78 Å². The van der Waals surface area contributed by atoms with E-state index in [1.165, 1.54) is 18.3 Å². The number of fused-ring (bicyclic) bond motifs is 1. The first-order chi connectivity index (χ1) is 16.9. The molecule has 4 aromatic rings. The molecule has 3 N–H and O–H groups in total. The highest BCUT2D eigenvalue weighted by atomic mass is 19.3. The fraction of sp³-hybridized carbons (Fsp3) is 0.250. The number of nitrogens with two attached hydrogens (primary N) is 1. The second kappa shape index (κ2) is 9.34. The van der Waals surface area contributed by atoms with Crippen LogP contribution in [0.4, 0.5) is 13.2 Å². The van der Waals surface area contributed by atoms with Crippen LogP contribution in [0.2, 0.25) is 0 Å². The highest BCUT2D eigenvalue weighted by Crippen LogP contribution is 2.33. The van der Waals surface area contributed by atoms with Crippen molar-refractivity contribution in [1.29, 1.82) is 0 Å². The molecule has 1 amide bonds. The number of halogens is 3. The summed E-state index contributed by atoms with van der Waals surface area (Å²) in [5.74, 6) is -0.781. The Morgan fingerprint density at radius 1 is 1.14 bits per heavy atom. The van der Waals surface area contributed by atoms with Gasteiger partial charge in [0.25, 0.3) is 5.91 Å². The summed E-state index contributed by atoms with van der Waals surface area (Å²) in [5.41, 5.74) is 8.46. The van der Waals surface area contributed by atoms with Crippen molar-refractivity contribution in [2.75, 3.05) is 0 Å². The molecule has 0 unspecified atom stereocenters. The number of nitrogens with one attached hydrogen (secondary N) is 1. The number of rotatable bonds is 6. The predicted molar refractivity (Wildman–Crippen MR) is 122 cm³/mol. The first-order valence-corrected chi connectivity index (χ1v) is 11.0. The van der Waals surface area contributed by atoms with E-state index in [9.17, 15) is 18.0 Å². The van der Waals surface area contributed by atoms with Crippen LogP contribution in [0.25, 0.3) is 28.1 Å². The lowest BCUT2D eigenvalue weighted by molar-refractivity contribution is -0.0498. The topological polar surface area (TPSA) is 108 Å². The summed E-state index contributed by atoms with van der Waals surface area (Å²) in [6.07, 6.45) is 7.75. The quantitative estimate of drug-likeness (QED) is 0.433. The molecule has 35 heavy (non-hydrogen) atoms. The molecule has 2 atom stereocenters. The summed E-state index contributed by atoms with van der Waals surface area (Å²) < 4.78 is 45.0. The van der Waals surface area contributed by atoms with E-state index in [1.54, 1.807) is 29.0 Å². The molecule has 3 heterocycles. The number of alkyl halides is 2. The molecule has 5 rings (SSSR count). The Kier molecular flexibility index (Phi) is 6.08. The van der Waals surface area contributed by atoms with E-state index in [4.69, 9.17) is 5.73 Å². The van der Waals surface area contributed by atoms with Crippen molar-refractivity contribution in [3.8, 4) is 22.8 Å². The number of ether oxygens (including phenoxy) is 1. The van der Waals surface area contributed by atoms with Crippen molar-refractivity contribution in [3.05, 3.63) is 66.5 Å². The average molecular weight is 482 g/mol. The van der Waals surface area contributed by atoms with Gasteiger partial charge in [-0.05, 0) is 43.0 Å². The molecule has 0 spiro atoms. The average Bonchev–Trinajstić information content (AvgIpc) is 3.42. The van der Waals surface area contributed by atoms with Crippen molar-refractivity contribution < 1.29 is 22.7 Å². The molecule has 180 valence electrons. The molecule has 1 saturated carbocycles. The minimum Gasteiger partial charge on any atom is -0.435 e. The molecular formula is C24H21F3N6O2. The minimum atomic E-state index is -2.97. The second-order valence-electron chi connectivity index (χ2n) is 8.29. The SMILES string of the molecule is N[C@@H]1CCC[C@@H]1NC(=O)c1cnc2c(-c3cccc(OC(F)F)c3)cn(-c3ncc(F)cn3)c2c1. The normalized spacial score (nSPS) is 17.7. The Morgan fingerprint density at radius 2 is 1.94 bits per heavy atom. The van der Waals surface area contributed by atoms with Gasteiger partial charge in [0.15, 0.2) is 5.82 Å². The maximum absolute atomic E-state index is 13.4. The third-order valence-electron chi connectivity index (χ3n) is 5.98. The Labute approximate surface area is 198 Å². The number of benzene rings is 1. The number of pyridine rings is 1. The summed E-state index contributed by atoms with van der Waals surface area (Å²) in [7, 11) is 0. The number of hydrogen-bond acceptors (Lipinski definition) is 6. The standard InChI is InChI=1S/C24H21F3N6O2/c25-15-10-30-24(31-11-15)33-12-17(13-3-1-4-16(7-13)35-23(26)27)21-20(33)8-14(9-29-21)22(34)32-19-6-2-5-18(19)28/h1,3-4,7-12,18-19,23H,2,5-6,28H2,(H,32,34)/t18-,19+/m1/s1. The lowest BCUT2D eigenvalue weighted by atomic mass is 10.1. The van der Waals surface area contributed by atoms with Crippen LogP contribution in [-0.4, -0.2) is 44.1 Å². The van der Waals surface area contributed by atoms with Crippen molar-refractivity contribution >= 4 is 16.9 Å². The molecule has 1 aliphatic rings. The van der Waals surface area contributed by atoms with Gasteiger partial charge in [-0.3, -0.25) is 14.3 Å². The lowest BCUT2D eigenvalue weighted by Crippen LogP contribution is -2.44. The number of aromatic nitrogens is 4. The van der Waals surface area contributed by atoms with Crippen LogP contribution < -0.4 is 15.8 Å². The van der Waals surface area contributed by atoms with Gasteiger partial charge in [0, 0.05) is 30.0 Å². The van der Waals surface area contributed by atoms with Gasteiger partial charge in [-0.25, -0.2) is 14.4 Å². The number of hydrogen-bond donors (Lipinski definition) is 2. The fourth-order valence-electron chi connectivity index (χ4n) is 4.29. The fourth-order valence-corrected chi connectivity index (χ4v) is 4.29. The Bertz CT molecular complexity index is 1380. The first kappa shape index (κ1) is 22.8. The maximum atomic E-state index is 13.4. The van der Waals surface area contributed by atoms with Gasteiger partial charge in [0.1, 0.15) is 5.75 Å².